The van der Waals surface area contributed by atoms with Crippen LogP contribution >= 0.6 is 11.6 Å². The SMILES string of the molecule is CCC1CCC(Nc2cnnc(Cl)c2)C1C. The normalized spacial score (nSPS) is 29.3. The van der Waals surface area contributed by atoms with Gasteiger partial charge in [0.2, 0.25) is 0 Å². The van der Waals surface area contributed by atoms with Gasteiger partial charge < -0.3 is 5.32 Å². The third-order valence-corrected chi connectivity index (χ3v) is 3.91. The Labute approximate surface area is 102 Å². The summed E-state index contributed by atoms with van der Waals surface area (Å²) >= 11 is 5.81. The van der Waals surface area contributed by atoms with Gasteiger partial charge in [0, 0.05) is 12.1 Å². The summed E-state index contributed by atoms with van der Waals surface area (Å²) in [5, 5.41) is 11.5. The van der Waals surface area contributed by atoms with Crippen LogP contribution in [0.4, 0.5) is 5.69 Å². The van der Waals surface area contributed by atoms with Crippen molar-refractivity contribution in [1.29, 1.82) is 0 Å². The molecule has 1 aliphatic rings. The van der Waals surface area contributed by atoms with Crippen LogP contribution in [-0.4, -0.2) is 16.2 Å². The predicted octanol–water partition coefficient (Wildman–Crippen LogP) is 3.37. The Kier molecular flexibility index (Phi) is 3.64. The van der Waals surface area contributed by atoms with Crippen LogP contribution in [-0.2, 0) is 0 Å². The predicted molar refractivity (Wildman–Crippen MR) is 66.6 cm³/mol. The van der Waals surface area contributed by atoms with E-state index in [4.69, 9.17) is 11.6 Å². The molecule has 0 radical (unpaired) electrons. The van der Waals surface area contributed by atoms with Crippen LogP contribution in [0.3, 0.4) is 0 Å². The molecule has 1 aromatic heterocycles. The minimum Gasteiger partial charge on any atom is -0.381 e. The Morgan fingerprint density at radius 1 is 1.50 bits per heavy atom. The topological polar surface area (TPSA) is 37.8 Å². The van der Waals surface area contributed by atoms with Crippen molar-refractivity contribution in [2.24, 2.45) is 11.8 Å². The molecule has 3 nitrogen and oxygen atoms in total. The van der Waals surface area contributed by atoms with E-state index in [0.717, 1.165) is 17.5 Å². The molecule has 0 amide bonds. The first-order valence-corrected chi connectivity index (χ1v) is 6.33. The Morgan fingerprint density at radius 2 is 2.31 bits per heavy atom. The van der Waals surface area contributed by atoms with E-state index in [1.807, 2.05) is 6.07 Å². The second-order valence-corrected chi connectivity index (χ2v) is 5.01. The Hall–Kier alpha value is -0.830. The third-order valence-electron chi connectivity index (χ3n) is 3.73. The van der Waals surface area contributed by atoms with Crippen LogP contribution < -0.4 is 5.32 Å². The van der Waals surface area contributed by atoms with Crippen LogP contribution in [0.2, 0.25) is 5.15 Å². The quantitative estimate of drug-likeness (QED) is 0.879. The minimum absolute atomic E-state index is 0.447. The van der Waals surface area contributed by atoms with Gasteiger partial charge >= 0.3 is 0 Å². The molecule has 0 bridgehead atoms. The Balaban J connectivity index is 2.00. The fraction of sp³-hybridized carbons (Fsp3) is 0.667. The molecule has 1 aromatic rings. The number of aromatic nitrogens is 2. The zero-order valence-corrected chi connectivity index (χ0v) is 10.5. The maximum absolute atomic E-state index is 5.81. The number of anilines is 1. The van der Waals surface area contributed by atoms with Gasteiger partial charge in [-0.15, -0.1) is 5.10 Å². The molecule has 4 heteroatoms. The first-order valence-electron chi connectivity index (χ1n) is 5.95. The maximum Gasteiger partial charge on any atom is 0.153 e. The molecule has 1 N–H and O–H groups in total. The molecule has 0 aliphatic heterocycles. The maximum atomic E-state index is 5.81. The molecule has 1 heterocycles. The van der Waals surface area contributed by atoms with E-state index >= 15 is 0 Å². The molecule has 0 saturated heterocycles. The van der Waals surface area contributed by atoms with Crippen LogP contribution in [0.15, 0.2) is 12.3 Å². The van der Waals surface area contributed by atoms with Gasteiger partial charge in [-0.1, -0.05) is 31.9 Å². The van der Waals surface area contributed by atoms with Crippen molar-refractivity contribution in [3.63, 3.8) is 0 Å². The highest BCUT2D eigenvalue weighted by molar-refractivity contribution is 6.29. The largest absolute Gasteiger partial charge is 0.381 e. The minimum atomic E-state index is 0.447. The van der Waals surface area contributed by atoms with E-state index in [1.54, 1.807) is 6.20 Å². The molecule has 1 aliphatic carbocycles. The highest BCUT2D eigenvalue weighted by atomic mass is 35.5. The number of rotatable bonds is 3. The van der Waals surface area contributed by atoms with Crippen molar-refractivity contribution in [2.45, 2.75) is 39.2 Å². The van der Waals surface area contributed by atoms with E-state index in [1.165, 1.54) is 19.3 Å². The summed E-state index contributed by atoms with van der Waals surface area (Å²) in [6.07, 6.45) is 5.56. The van der Waals surface area contributed by atoms with Gasteiger partial charge in [0.15, 0.2) is 5.15 Å². The number of nitrogens with one attached hydrogen (secondary N) is 1. The fourth-order valence-corrected chi connectivity index (χ4v) is 2.82. The van der Waals surface area contributed by atoms with Crippen LogP contribution in [0.5, 0.6) is 0 Å². The van der Waals surface area contributed by atoms with E-state index in [2.05, 4.69) is 29.4 Å². The van der Waals surface area contributed by atoms with Gasteiger partial charge in [-0.2, -0.15) is 5.10 Å². The van der Waals surface area contributed by atoms with E-state index in [0.29, 0.717) is 11.2 Å². The zero-order chi connectivity index (χ0) is 11.5. The second-order valence-electron chi connectivity index (χ2n) is 4.62. The molecule has 3 unspecified atom stereocenters. The number of hydrogen-bond acceptors (Lipinski definition) is 3. The zero-order valence-electron chi connectivity index (χ0n) is 9.78. The molecule has 16 heavy (non-hydrogen) atoms. The second kappa shape index (κ2) is 5.00. The average molecular weight is 240 g/mol. The lowest BCUT2D eigenvalue weighted by Gasteiger charge is -2.21. The van der Waals surface area contributed by atoms with Crippen molar-refractivity contribution < 1.29 is 0 Å². The van der Waals surface area contributed by atoms with E-state index in [9.17, 15) is 0 Å². The lowest BCUT2D eigenvalue weighted by Crippen LogP contribution is -2.24. The van der Waals surface area contributed by atoms with Gasteiger partial charge in [0.05, 0.1) is 11.9 Å². The molecular weight excluding hydrogens is 222 g/mol. The monoisotopic (exact) mass is 239 g/mol. The van der Waals surface area contributed by atoms with Crippen LogP contribution in [0, 0.1) is 11.8 Å². The Bertz CT molecular complexity index is 356. The van der Waals surface area contributed by atoms with Crippen molar-refractivity contribution in [3.05, 3.63) is 17.4 Å². The van der Waals surface area contributed by atoms with Crippen molar-refractivity contribution in [1.82, 2.24) is 10.2 Å². The van der Waals surface area contributed by atoms with Crippen molar-refractivity contribution in [2.75, 3.05) is 5.32 Å². The smallest absolute Gasteiger partial charge is 0.153 e. The van der Waals surface area contributed by atoms with Gasteiger partial charge in [-0.3, -0.25) is 0 Å². The number of hydrogen-bond donors (Lipinski definition) is 1. The highest BCUT2D eigenvalue weighted by Crippen LogP contribution is 2.35. The fourth-order valence-electron chi connectivity index (χ4n) is 2.66. The number of halogens is 1. The summed E-state index contributed by atoms with van der Waals surface area (Å²) in [6.45, 7) is 4.60. The lowest BCUT2D eigenvalue weighted by molar-refractivity contribution is 0.392. The van der Waals surface area contributed by atoms with Gasteiger partial charge in [0.1, 0.15) is 0 Å². The first kappa shape index (κ1) is 11.6. The Morgan fingerprint density at radius 3 is 2.94 bits per heavy atom. The van der Waals surface area contributed by atoms with E-state index < -0.39 is 0 Å². The van der Waals surface area contributed by atoms with Gasteiger partial charge in [-0.25, -0.2) is 0 Å². The molecule has 3 atom stereocenters. The van der Waals surface area contributed by atoms with Crippen LogP contribution in [0.25, 0.3) is 0 Å². The molecule has 2 rings (SSSR count). The summed E-state index contributed by atoms with van der Waals surface area (Å²) in [5.41, 5.74) is 0.980. The summed E-state index contributed by atoms with van der Waals surface area (Å²) < 4.78 is 0. The first-order chi connectivity index (χ1) is 7.70. The lowest BCUT2D eigenvalue weighted by atomic mass is 9.93. The summed E-state index contributed by atoms with van der Waals surface area (Å²) in [7, 11) is 0. The van der Waals surface area contributed by atoms with Crippen LogP contribution in [0.1, 0.15) is 33.1 Å². The molecule has 0 spiro atoms. The van der Waals surface area contributed by atoms with E-state index in [-0.39, 0.29) is 0 Å². The standard InChI is InChI=1S/C12H18ClN3/c1-3-9-4-5-11(8(9)2)15-10-6-12(13)16-14-7-10/h6-9,11H,3-5H2,1-2H3,(H,15,16). The molecule has 1 fully saturated rings. The number of nitrogens with zero attached hydrogens (tertiary/aromatic N) is 2. The van der Waals surface area contributed by atoms with Crippen molar-refractivity contribution in [3.8, 4) is 0 Å². The molecule has 0 aromatic carbocycles. The average Bonchev–Trinajstić information content (AvgIpc) is 2.60. The summed E-state index contributed by atoms with van der Waals surface area (Å²) in [4.78, 5) is 0. The molecule has 88 valence electrons. The summed E-state index contributed by atoms with van der Waals surface area (Å²) in [5.74, 6) is 1.57. The third kappa shape index (κ3) is 2.46. The highest BCUT2D eigenvalue weighted by Gasteiger charge is 2.31. The van der Waals surface area contributed by atoms with Gasteiger partial charge in [-0.05, 0) is 24.7 Å². The molecule has 1 saturated carbocycles. The summed E-state index contributed by atoms with van der Waals surface area (Å²) in [6, 6.07) is 2.38. The molecular formula is C12H18ClN3. The van der Waals surface area contributed by atoms with Crippen molar-refractivity contribution >= 4 is 17.3 Å². The van der Waals surface area contributed by atoms with Gasteiger partial charge in [0.25, 0.3) is 0 Å².